The summed E-state index contributed by atoms with van der Waals surface area (Å²) in [6.45, 7) is 3.08. The van der Waals surface area contributed by atoms with E-state index in [4.69, 9.17) is 5.26 Å². The van der Waals surface area contributed by atoms with Gasteiger partial charge in [-0.2, -0.15) is 23.1 Å². The maximum absolute atomic E-state index is 13.2. The molecule has 0 saturated heterocycles. The first-order valence-electron chi connectivity index (χ1n) is 9.19. The number of nitrogens with one attached hydrogen (secondary N) is 1. The molecule has 3 rings (SSSR count). The van der Waals surface area contributed by atoms with Gasteiger partial charge in [-0.25, -0.2) is 23.4 Å². The Labute approximate surface area is 186 Å². The predicted octanol–water partition coefficient (Wildman–Crippen LogP) is 2.15. The third-order valence-corrected chi connectivity index (χ3v) is 5.47. The van der Waals surface area contributed by atoms with Gasteiger partial charge in [-0.1, -0.05) is 0 Å². The maximum Gasteiger partial charge on any atom is 0.416 e. The van der Waals surface area contributed by atoms with E-state index < -0.39 is 44.0 Å². The second kappa shape index (κ2) is 8.58. The Morgan fingerprint density at radius 3 is 2.52 bits per heavy atom. The minimum Gasteiger partial charge on any atom is -0.342 e. The summed E-state index contributed by atoms with van der Waals surface area (Å²) in [4.78, 5) is 24.1. The standard InChI is InChI=1S/C19H16F3N7O3S/c1-10(17-27-11(2)28-29(17)16-7-14(8-23)24-9-25-16)26-18(30)12-4-13(19(20,21)22)6-15(5-12)33(3,31)32/h4-7,9-10H,1-3H3,(H,26,30)/t10-/m0/s1. The van der Waals surface area contributed by atoms with Crippen molar-refractivity contribution < 1.29 is 26.4 Å². The van der Waals surface area contributed by atoms with E-state index in [1.165, 1.54) is 17.7 Å². The average molecular weight is 479 g/mol. The lowest BCUT2D eigenvalue weighted by Crippen LogP contribution is -2.29. The average Bonchev–Trinajstić information content (AvgIpc) is 3.14. The molecule has 10 nitrogen and oxygen atoms in total. The van der Waals surface area contributed by atoms with Crippen molar-refractivity contribution in [1.82, 2.24) is 30.0 Å². The van der Waals surface area contributed by atoms with Crippen LogP contribution in [0.3, 0.4) is 0 Å². The lowest BCUT2D eigenvalue weighted by atomic mass is 10.1. The van der Waals surface area contributed by atoms with E-state index >= 15 is 0 Å². The van der Waals surface area contributed by atoms with Gasteiger partial charge in [-0.15, -0.1) is 5.10 Å². The van der Waals surface area contributed by atoms with Crippen molar-refractivity contribution in [2.45, 2.75) is 31.0 Å². The molecule has 172 valence electrons. The number of alkyl halides is 3. The smallest absolute Gasteiger partial charge is 0.342 e. The topological polar surface area (TPSA) is 144 Å². The minimum atomic E-state index is -4.86. The van der Waals surface area contributed by atoms with Crippen molar-refractivity contribution in [3.63, 3.8) is 0 Å². The van der Waals surface area contributed by atoms with Crippen molar-refractivity contribution in [2.24, 2.45) is 0 Å². The van der Waals surface area contributed by atoms with E-state index in [9.17, 15) is 26.4 Å². The molecule has 0 aliphatic heterocycles. The van der Waals surface area contributed by atoms with Gasteiger partial charge in [0.2, 0.25) is 0 Å². The normalized spacial score (nSPS) is 12.8. The molecule has 0 spiro atoms. The molecule has 1 amide bonds. The molecule has 0 aliphatic carbocycles. The number of halogens is 3. The van der Waals surface area contributed by atoms with Gasteiger partial charge in [0, 0.05) is 17.9 Å². The number of benzene rings is 1. The van der Waals surface area contributed by atoms with Crippen LogP contribution in [0.15, 0.2) is 35.5 Å². The molecular weight excluding hydrogens is 463 g/mol. The van der Waals surface area contributed by atoms with Gasteiger partial charge in [0.15, 0.2) is 21.5 Å². The number of rotatable bonds is 5. The molecule has 0 unspecified atom stereocenters. The quantitative estimate of drug-likeness (QED) is 0.586. The van der Waals surface area contributed by atoms with Crippen molar-refractivity contribution in [2.75, 3.05) is 6.26 Å². The number of carbonyl (C=O) groups is 1. The Balaban J connectivity index is 1.97. The Kier molecular flexibility index (Phi) is 6.19. The number of carbonyl (C=O) groups excluding carboxylic acids is 1. The molecule has 2 aromatic heterocycles. The fourth-order valence-corrected chi connectivity index (χ4v) is 3.54. The molecule has 3 aromatic rings. The second-order valence-corrected chi connectivity index (χ2v) is 9.03. The summed E-state index contributed by atoms with van der Waals surface area (Å²) in [6.07, 6.45) is -2.97. The highest BCUT2D eigenvalue weighted by Gasteiger charge is 2.33. The van der Waals surface area contributed by atoms with Crippen LogP contribution in [0, 0.1) is 18.3 Å². The molecule has 0 radical (unpaired) electrons. The third kappa shape index (κ3) is 5.32. The minimum absolute atomic E-state index is 0.0630. The zero-order valence-corrected chi connectivity index (χ0v) is 18.2. The van der Waals surface area contributed by atoms with Gasteiger partial charge in [-0.05, 0) is 32.0 Å². The van der Waals surface area contributed by atoms with Gasteiger partial charge < -0.3 is 5.32 Å². The number of nitriles is 1. The molecule has 0 bridgehead atoms. The number of hydrogen-bond acceptors (Lipinski definition) is 8. The zero-order valence-electron chi connectivity index (χ0n) is 17.4. The van der Waals surface area contributed by atoms with Crippen LogP contribution in [-0.4, -0.2) is 45.3 Å². The molecule has 0 fully saturated rings. The van der Waals surface area contributed by atoms with Crippen molar-refractivity contribution in [3.8, 4) is 11.9 Å². The van der Waals surface area contributed by atoms with Gasteiger partial charge >= 0.3 is 6.18 Å². The van der Waals surface area contributed by atoms with Gasteiger partial charge in [0.05, 0.1) is 16.5 Å². The van der Waals surface area contributed by atoms with Crippen molar-refractivity contribution >= 4 is 15.7 Å². The molecule has 1 atom stereocenters. The number of aryl methyl sites for hydroxylation is 1. The SMILES string of the molecule is Cc1nc([C@H](C)NC(=O)c2cc(C(F)(F)F)cc(S(C)(=O)=O)c2)n(-c2cc(C#N)ncn2)n1. The van der Waals surface area contributed by atoms with Crippen LogP contribution in [0.2, 0.25) is 0 Å². The molecule has 1 aromatic carbocycles. The summed E-state index contributed by atoms with van der Waals surface area (Å²) < 4.78 is 64.7. The summed E-state index contributed by atoms with van der Waals surface area (Å²) in [5.74, 6) is -0.275. The first-order chi connectivity index (χ1) is 15.3. The Morgan fingerprint density at radius 1 is 1.21 bits per heavy atom. The highest BCUT2D eigenvalue weighted by atomic mass is 32.2. The number of nitrogens with zero attached hydrogens (tertiary/aromatic N) is 6. The van der Waals surface area contributed by atoms with E-state index in [1.54, 1.807) is 6.92 Å². The summed E-state index contributed by atoms with van der Waals surface area (Å²) in [6, 6.07) is 4.23. The molecule has 14 heteroatoms. The van der Waals surface area contributed by atoms with Crippen LogP contribution >= 0.6 is 0 Å². The van der Waals surface area contributed by atoms with Gasteiger partial charge in [0.1, 0.15) is 23.9 Å². The summed E-state index contributed by atoms with van der Waals surface area (Å²) in [5.41, 5.74) is -1.70. The monoisotopic (exact) mass is 479 g/mol. The fraction of sp³-hybridized carbons (Fsp3) is 0.263. The van der Waals surface area contributed by atoms with E-state index in [-0.39, 0.29) is 17.3 Å². The molecule has 1 N–H and O–H groups in total. The van der Waals surface area contributed by atoms with E-state index in [2.05, 4.69) is 25.4 Å². The van der Waals surface area contributed by atoms with Crippen LogP contribution in [0.5, 0.6) is 0 Å². The molecule has 33 heavy (non-hydrogen) atoms. The maximum atomic E-state index is 13.2. The summed E-state index contributed by atoms with van der Waals surface area (Å²) in [5, 5.41) is 15.7. The van der Waals surface area contributed by atoms with Gasteiger partial charge in [0.25, 0.3) is 5.91 Å². The van der Waals surface area contributed by atoms with Crippen LogP contribution in [0.25, 0.3) is 5.82 Å². The third-order valence-electron chi connectivity index (χ3n) is 4.38. The lowest BCUT2D eigenvalue weighted by molar-refractivity contribution is -0.137. The van der Waals surface area contributed by atoms with Crippen molar-refractivity contribution in [1.29, 1.82) is 5.26 Å². The molecule has 0 saturated carbocycles. The molecule has 0 aliphatic rings. The molecular formula is C19H16F3N7O3S. The number of hydrogen-bond donors (Lipinski definition) is 1. The van der Waals surface area contributed by atoms with E-state index in [1.807, 2.05) is 6.07 Å². The lowest BCUT2D eigenvalue weighted by Gasteiger charge is -2.16. The van der Waals surface area contributed by atoms with E-state index in [0.29, 0.717) is 18.0 Å². The van der Waals surface area contributed by atoms with Crippen LogP contribution < -0.4 is 5.32 Å². The summed E-state index contributed by atoms with van der Waals surface area (Å²) in [7, 11) is -4.02. The van der Waals surface area contributed by atoms with Crippen molar-refractivity contribution in [3.05, 3.63) is 59.1 Å². The largest absolute Gasteiger partial charge is 0.416 e. The second-order valence-electron chi connectivity index (χ2n) is 7.01. The zero-order chi connectivity index (χ0) is 24.6. The molecule has 2 heterocycles. The van der Waals surface area contributed by atoms with Crippen LogP contribution in [0.4, 0.5) is 13.2 Å². The predicted molar refractivity (Wildman–Crippen MR) is 107 cm³/mol. The van der Waals surface area contributed by atoms with Crippen LogP contribution in [-0.2, 0) is 16.0 Å². The number of amides is 1. The number of aromatic nitrogens is 5. The number of sulfone groups is 1. The van der Waals surface area contributed by atoms with E-state index in [0.717, 1.165) is 18.6 Å². The van der Waals surface area contributed by atoms with Gasteiger partial charge in [-0.3, -0.25) is 4.79 Å². The Bertz CT molecular complexity index is 1380. The summed E-state index contributed by atoms with van der Waals surface area (Å²) >= 11 is 0. The fourth-order valence-electron chi connectivity index (χ4n) is 2.86. The Morgan fingerprint density at radius 2 is 1.91 bits per heavy atom. The first kappa shape index (κ1) is 23.8. The first-order valence-corrected chi connectivity index (χ1v) is 11.1. The van der Waals surface area contributed by atoms with Crippen LogP contribution in [0.1, 0.15) is 46.2 Å². The highest BCUT2D eigenvalue weighted by Crippen LogP contribution is 2.32. The highest BCUT2D eigenvalue weighted by molar-refractivity contribution is 7.90. The Hall–Kier alpha value is -3.86.